The lowest BCUT2D eigenvalue weighted by atomic mass is 10.0. The largest absolute Gasteiger partial charge is 0.307 e. The molecule has 0 aliphatic carbocycles. The summed E-state index contributed by atoms with van der Waals surface area (Å²) in [5.41, 5.74) is 8.72. The molecule has 0 bridgehead atoms. The third-order valence-electron chi connectivity index (χ3n) is 8.49. The van der Waals surface area contributed by atoms with Crippen LogP contribution in [0.15, 0.2) is 109 Å². The SMILES string of the molecule is Cc1ccc2c(c1)c1cc(C)ccc1n2-c1c(-n2c3ccccc3c3c4ccccc4ccc32)ccc(C#N)c1C#N. The number of nitriles is 2. The van der Waals surface area contributed by atoms with Crippen LogP contribution in [0.1, 0.15) is 22.3 Å². The number of benzene rings is 6. The molecule has 8 aromatic rings. The summed E-state index contributed by atoms with van der Waals surface area (Å²) < 4.78 is 4.44. The molecule has 6 aromatic carbocycles. The third kappa shape index (κ3) is 3.21. The number of aromatic nitrogens is 2. The van der Waals surface area contributed by atoms with Gasteiger partial charge in [-0.1, -0.05) is 71.8 Å². The van der Waals surface area contributed by atoms with Crippen LogP contribution in [-0.2, 0) is 0 Å². The van der Waals surface area contributed by atoms with Gasteiger partial charge in [-0.25, -0.2) is 0 Å². The standard InChI is InChI=1S/C38H24N4/c1-23-11-15-33-29(19-23)30-20-24(2)12-16-34(30)42(33)38-31(22-40)26(21-39)14-18-36(38)41-32-10-6-5-9-28(32)37-27-8-4-3-7-25(27)13-17-35(37)41/h3-20H,1-2H3. The highest BCUT2D eigenvalue weighted by Crippen LogP contribution is 2.42. The summed E-state index contributed by atoms with van der Waals surface area (Å²) in [4.78, 5) is 0. The number of para-hydroxylation sites is 1. The van der Waals surface area contributed by atoms with Crippen molar-refractivity contribution in [2.75, 3.05) is 0 Å². The van der Waals surface area contributed by atoms with Gasteiger partial charge in [-0.3, -0.25) is 0 Å². The van der Waals surface area contributed by atoms with Gasteiger partial charge in [0.2, 0.25) is 0 Å². The predicted octanol–water partition coefficient (Wildman–Crippen LogP) is 9.39. The highest BCUT2D eigenvalue weighted by atomic mass is 15.1. The second-order valence-corrected chi connectivity index (χ2v) is 11.0. The Kier molecular flexibility index (Phi) is 5.05. The summed E-state index contributed by atoms with van der Waals surface area (Å²) in [7, 11) is 0. The van der Waals surface area contributed by atoms with Crippen molar-refractivity contribution in [3.8, 4) is 23.5 Å². The molecule has 0 unspecified atom stereocenters. The molecule has 0 N–H and O–H groups in total. The van der Waals surface area contributed by atoms with E-state index in [1.54, 1.807) is 6.07 Å². The first-order chi connectivity index (χ1) is 20.6. The van der Waals surface area contributed by atoms with Gasteiger partial charge in [0.05, 0.1) is 44.6 Å². The third-order valence-corrected chi connectivity index (χ3v) is 8.49. The monoisotopic (exact) mass is 536 g/mol. The Labute approximate surface area is 242 Å². The van der Waals surface area contributed by atoms with Gasteiger partial charge in [-0.05, 0) is 73.2 Å². The fourth-order valence-corrected chi connectivity index (χ4v) is 6.68. The average molecular weight is 537 g/mol. The normalized spacial score (nSPS) is 11.5. The van der Waals surface area contributed by atoms with Crippen molar-refractivity contribution in [1.82, 2.24) is 9.13 Å². The summed E-state index contributed by atoms with van der Waals surface area (Å²) in [5.74, 6) is 0. The minimum atomic E-state index is 0.358. The van der Waals surface area contributed by atoms with E-state index in [2.05, 4.69) is 132 Å². The van der Waals surface area contributed by atoms with Crippen LogP contribution in [0.25, 0.3) is 65.8 Å². The van der Waals surface area contributed by atoms with Crippen LogP contribution < -0.4 is 0 Å². The minimum absolute atomic E-state index is 0.358. The van der Waals surface area contributed by atoms with Crippen molar-refractivity contribution in [2.45, 2.75) is 13.8 Å². The molecule has 4 heteroatoms. The summed E-state index contributed by atoms with van der Waals surface area (Å²) in [6, 6.07) is 42.6. The van der Waals surface area contributed by atoms with E-state index in [1.165, 1.54) is 27.3 Å². The van der Waals surface area contributed by atoms with Gasteiger partial charge in [0.15, 0.2) is 0 Å². The van der Waals surface area contributed by atoms with Crippen LogP contribution >= 0.6 is 0 Å². The lowest BCUT2D eigenvalue weighted by molar-refractivity contribution is 1.08. The molecular weight excluding hydrogens is 512 g/mol. The molecule has 0 atom stereocenters. The molecule has 42 heavy (non-hydrogen) atoms. The van der Waals surface area contributed by atoms with Crippen molar-refractivity contribution in [3.63, 3.8) is 0 Å². The van der Waals surface area contributed by atoms with Gasteiger partial charge in [0.1, 0.15) is 12.1 Å². The van der Waals surface area contributed by atoms with Gasteiger partial charge in [0, 0.05) is 21.5 Å². The zero-order chi connectivity index (χ0) is 28.5. The summed E-state index contributed by atoms with van der Waals surface area (Å²) >= 11 is 0. The molecule has 0 amide bonds. The molecule has 0 spiro atoms. The smallest absolute Gasteiger partial charge is 0.103 e. The molecule has 196 valence electrons. The van der Waals surface area contributed by atoms with E-state index in [4.69, 9.17) is 0 Å². The zero-order valence-corrected chi connectivity index (χ0v) is 23.2. The second-order valence-electron chi connectivity index (χ2n) is 11.0. The second kappa shape index (κ2) is 8.83. The van der Waals surface area contributed by atoms with Gasteiger partial charge in [0.25, 0.3) is 0 Å². The molecule has 0 aliphatic heterocycles. The number of aryl methyl sites for hydroxylation is 2. The van der Waals surface area contributed by atoms with Crippen LogP contribution in [0.4, 0.5) is 0 Å². The van der Waals surface area contributed by atoms with Crippen molar-refractivity contribution >= 4 is 54.4 Å². The van der Waals surface area contributed by atoms with Crippen LogP contribution in [0.2, 0.25) is 0 Å². The van der Waals surface area contributed by atoms with Crippen molar-refractivity contribution < 1.29 is 0 Å². The molecule has 0 fully saturated rings. The molecule has 0 saturated heterocycles. The van der Waals surface area contributed by atoms with E-state index in [-0.39, 0.29) is 0 Å². The number of hydrogen-bond donors (Lipinski definition) is 0. The maximum absolute atomic E-state index is 10.6. The maximum Gasteiger partial charge on any atom is 0.103 e. The molecular formula is C38H24N4. The Bertz CT molecular complexity index is 2450. The number of nitrogens with zero attached hydrogens (tertiary/aromatic N) is 4. The minimum Gasteiger partial charge on any atom is -0.307 e. The van der Waals surface area contributed by atoms with E-state index in [0.717, 1.165) is 43.9 Å². The van der Waals surface area contributed by atoms with Crippen LogP contribution in [0.5, 0.6) is 0 Å². The van der Waals surface area contributed by atoms with E-state index in [0.29, 0.717) is 16.8 Å². The Morgan fingerprint density at radius 3 is 1.83 bits per heavy atom. The Morgan fingerprint density at radius 1 is 0.524 bits per heavy atom. The van der Waals surface area contributed by atoms with E-state index >= 15 is 0 Å². The van der Waals surface area contributed by atoms with Gasteiger partial charge in [-0.15, -0.1) is 0 Å². The Hall–Kier alpha value is -5.84. The van der Waals surface area contributed by atoms with E-state index in [1.807, 2.05) is 6.07 Å². The van der Waals surface area contributed by atoms with Crippen molar-refractivity contribution in [3.05, 3.63) is 131 Å². The van der Waals surface area contributed by atoms with Crippen LogP contribution in [0.3, 0.4) is 0 Å². The number of fused-ring (bicyclic) bond motifs is 8. The molecule has 4 nitrogen and oxygen atoms in total. The van der Waals surface area contributed by atoms with E-state index < -0.39 is 0 Å². The number of rotatable bonds is 2. The predicted molar refractivity (Wildman–Crippen MR) is 172 cm³/mol. The molecule has 0 aliphatic rings. The maximum atomic E-state index is 10.6. The number of hydrogen-bond acceptors (Lipinski definition) is 2. The first-order valence-corrected chi connectivity index (χ1v) is 14.0. The lowest BCUT2D eigenvalue weighted by Crippen LogP contribution is -2.07. The lowest BCUT2D eigenvalue weighted by Gasteiger charge is -2.19. The van der Waals surface area contributed by atoms with Crippen LogP contribution in [0, 0.1) is 36.5 Å². The summed E-state index contributed by atoms with van der Waals surface area (Å²) in [6.07, 6.45) is 0. The van der Waals surface area contributed by atoms with Gasteiger partial charge >= 0.3 is 0 Å². The fraction of sp³-hybridized carbons (Fsp3) is 0.0526. The zero-order valence-electron chi connectivity index (χ0n) is 23.2. The summed E-state index contributed by atoms with van der Waals surface area (Å²) in [6.45, 7) is 4.20. The highest BCUT2D eigenvalue weighted by Gasteiger charge is 2.24. The fourth-order valence-electron chi connectivity index (χ4n) is 6.68. The molecule has 8 rings (SSSR count). The summed E-state index contributed by atoms with van der Waals surface area (Å²) in [5, 5.41) is 27.7. The van der Waals surface area contributed by atoms with Crippen LogP contribution in [-0.4, -0.2) is 9.13 Å². The quantitative estimate of drug-likeness (QED) is 0.221. The van der Waals surface area contributed by atoms with E-state index in [9.17, 15) is 10.5 Å². The van der Waals surface area contributed by atoms with Crippen molar-refractivity contribution in [1.29, 1.82) is 10.5 Å². The van der Waals surface area contributed by atoms with Crippen molar-refractivity contribution in [2.24, 2.45) is 0 Å². The van der Waals surface area contributed by atoms with Gasteiger partial charge < -0.3 is 9.13 Å². The Balaban J connectivity index is 1.62. The molecule has 0 radical (unpaired) electrons. The average Bonchev–Trinajstić information content (AvgIpc) is 3.52. The molecule has 2 aromatic heterocycles. The highest BCUT2D eigenvalue weighted by molar-refractivity contribution is 6.21. The first-order valence-electron chi connectivity index (χ1n) is 14.0. The first kappa shape index (κ1) is 24.0. The van der Waals surface area contributed by atoms with Gasteiger partial charge in [-0.2, -0.15) is 10.5 Å². The topological polar surface area (TPSA) is 57.4 Å². The molecule has 0 saturated carbocycles. The Morgan fingerprint density at radius 2 is 1.14 bits per heavy atom. The molecule has 2 heterocycles.